The first kappa shape index (κ1) is 15.1. The summed E-state index contributed by atoms with van der Waals surface area (Å²) >= 11 is 5.94. The quantitative estimate of drug-likeness (QED) is 0.928. The lowest BCUT2D eigenvalue weighted by molar-refractivity contribution is -0.133. The highest BCUT2D eigenvalue weighted by molar-refractivity contribution is 6.31. The topological polar surface area (TPSA) is 49.8 Å². The minimum Gasteiger partial charge on any atom is -0.493 e. The van der Waals surface area contributed by atoms with Gasteiger partial charge in [-0.05, 0) is 43.5 Å². The number of aryl methyl sites for hydroxylation is 1. The Hall–Kier alpha value is -1.26. The van der Waals surface area contributed by atoms with Crippen molar-refractivity contribution < 1.29 is 14.6 Å². The molecule has 0 atom stereocenters. The van der Waals surface area contributed by atoms with E-state index in [1.807, 2.05) is 13.0 Å². The molecule has 1 aliphatic rings. The summed E-state index contributed by atoms with van der Waals surface area (Å²) in [5.41, 5.74) is 0.959. The van der Waals surface area contributed by atoms with Crippen molar-refractivity contribution in [3.63, 3.8) is 0 Å². The molecule has 2 rings (SSSR count). The van der Waals surface area contributed by atoms with Gasteiger partial charge in [-0.3, -0.25) is 4.79 Å². The van der Waals surface area contributed by atoms with Gasteiger partial charge in [0.1, 0.15) is 5.75 Å². The molecule has 5 heteroatoms. The molecule has 1 N–H and O–H groups in total. The third kappa shape index (κ3) is 4.12. The lowest BCUT2D eigenvalue weighted by atomic mass is 10.1. The number of aliphatic hydroxyl groups excluding tert-OH is 1. The number of amides is 1. The Morgan fingerprint density at radius 1 is 1.45 bits per heavy atom. The first-order valence-corrected chi connectivity index (χ1v) is 7.29. The van der Waals surface area contributed by atoms with Crippen LogP contribution in [0.3, 0.4) is 0 Å². The smallest absolute Gasteiger partial charge is 0.226 e. The summed E-state index contributed by atoms with van der Waals surface area (Å²) < 4.78 is 5.57. The maximum Gasteiger partial charge on any atom is 0.226 e. The maximum absolute atomic E-state index is 12.0. The summed E-state index contributed by atoms with van der Waals surface area (Å²) in [5.74, 6) is 0.816. The average Bonchev–Trinajstić information content (AvgIpc) is 2.43. The van der Waals surface area contributed by atoms with Crippen LogP contribution in [0.5, 0.6) is 5.75 Å². The van der Waals surface area contributed by atoms with Gasteiger partial charge in [-0.25, -0.2) is 0 Å². The van der Waals surface area contributed by atoms with Crippen LogP contribution in [0.2, 0.25) is 5.02 Å². The van der Waals surface area contributed by atoms with E-state index in [1.54, 1.807) is 17.0 Å². The molecule has 1 saturated heterocycles. The Morgan fingerprint density at radius 3 is 2.80 bits per heavy atom. The second kappa shape index (κ2) is 6.95. The summed E-state index contributed by atoms with van der Waals surface area (Å²) in [6, 6.07) is 5.46. The van der Waals surface area contributed by atoms with E-state index >= 15 is 0 Å². The van der Waals surface area contributed by atoms with E-state index in [2.05, 4.69) is 0 Å². The fourth-order valence-corrected chi connectivity index (χ4v) is 2.35. The second-order valence-electron chi connectivity index (χ2n) is 5.12. The van der Waals surface area contributed by atoms with Crippen molar-refractivity contribution in [1.29, 1.82) is 0 Å². The number of halogens is 1. The minimum absolute atomic E-state index is 0.0857. The summed E-state index contributed by atoms with van der Waals surface area (Å²) in [7, 11) is 0. The maximum atomic E-state index is 12.0. The van der Waals surface area contributed by atoms with Gasteiger partial charge in [-0.2, -0.15) is 0 Å². The number of rotatable bonds is 4. The number of carbonyl (C=O) groups is 1. The summed E-state index contributed by atoms with van der Waals surface area (Å²) in [6.07, 6.45) is 1.44. The first-order valence-electron chi connectivity index (χ1n) is 6.91. The Labute approximate surface area is 124 Å². The SMILES string of the molecule is Cc1cc(OCCC(=O)N2CCC(O)CC2)ccc1Cl. The van der Waals surface area contributed by atoms with Crippen molar-refractivity contribution in [3.8, 4) is 5.75 Å². The average molecular weight is 298 g/mol. The number of piperidine rings is 1. The largest absolute Gasteiger partial charge is 0.493 e. The van der Waals surface area contributed by atoms with Gasteiger partial charge in [0.2, 0.25) is 5.91 Å². The van der Waals surface area contributed by atoms with E-state index in [0.29, 0.717) is 44.0 Å². The summed E-state index contributed by atoms with van der Waals surface area (Å²) in [5, 5.41) is 10.1. The molecule has 0 spiro atoms. The monoisotopic (exact) mass is 297 g/mol. The Kier molecular flexibility index (Phi) is 5.26. The van der Waals surface area contributed by atoms with Crippen LogP contribution in [-0.2, 0) is 4.79 Å². The van der Waals surface area contributed by atoms with Crippen LogP contribution in [-0.4, -0.2) is 41.7 Å². The number of carbonyl (C=O) groups excluding carboxylic acids is 1. The van der Waals surface area contributed by atoms with Crippen molar-refractivity contribution in [3.05, 3.63) is 28.8 Å². The van der Waals surface area contributed by atoms with Gasteiger partial charge in [0.05, 0.1) is 19.1 Å². The molecule has 1 heterocycles. The zero-order valence-corrected chi connectivity index (χ0v) is 12.4. The van der Waals surface area contributed by atoms with Crippen molar-refractivity contribution >= 4 is 17.5 Å². The molecule has 1 aromatic rings. The fraction of sp³-hybridized carbons (Fsp3) is 0.533. The lowest BCUT2D eigenvalue weighted by Crippen LogP contribution is -2.40. The normalized spacial score (nSPS) is 16.2. The van der Waals surface area contributed by atoms with Crippen LogP contribution in [0.15, 0.2) is 18.2 Å². The number of aliphatic hydroxyl groups is 1. The van der Waals surface area contributed by atoms with E-state index in [-0.39, 0.29) is 12.0 Å². The van der Waals surface area contributed by atoms with Gasteiger partial charge in [0, 0.05) is 18.1 Å². The predicted octanol–water partition coefficient (Wildman–Crippen LogP) is 2.40. The standard InChI is InChI=1S/C15H20ClNO3/c1-11-10-13(2-3-14(11)16)20-9-6-15(19)17-7-4-12(18)5-8-17/h2-3,10,12,18H,4-9H2,1H3. The van der Waals surface area contributed by atoms with Crippen LogP contribution < -0.4 is 4.74 Å². The molecule has 1 fully saturated rings. The molecule has 1 amide bonds. The zero-order valence-electron chi connectivity index (χ0n) is 11.6. The molecule has 20 heavy (non-hydrogen) atoms. The van der Waals surface area contributed by atoms with Crippen molar-refractivity contribution in [2.75, 3.05) is 19.7 Å². The van der Waals surface area contributed by atoms with Crippen molar-refractivity contribution in [2.24, 2.45) is 0 Å². The highest BCUT2D eigenvalue weighted by Crippen LogP contribution is 2.21. The van der Waals surface area contributed by atoms with E-state index in [0.717, 1.165) is 11.3 Å². The van der Waals surface area contributed by atoms with Gasteiger partial charge >= 0.3 is 0 Å². The third-order valence-electron chi connectivity index (χ3n) is 3.53. The number of benzene rings is 1. The number of hydrogen-bond acceptors (Lipinski definition) is 3. The third-order valence-corrected chi connectivity index (χ3v) is 3.96. The molecule has 1 aliphatic heterocycles. The number of likely N-dealkylation sites (tertiary alicyclic amines) is 1. The number of ether oxygens (including phenoxy) is 1. The summed E-state index contributed by atoms with van der Waals surface area (Å²) in [6.45, 7) is 3.55. The van der Waals surface area contributed by atoms with E-state index in [9.17, 15) is 9.90 Å². The van der Waals surface area contributed by atoms with Crippen molar-refractivity contribution in [1.82, 2.24) is 4.90 Å². The van der Waals surface area contributed by atoms with Crippen molar-refractivity contribution in [2.45, 2.75) is 32.3 Å². The predicted molar refractivity (Wildman–Crippen MR) is 78.1 cm³/mol. The second-order valence-corrected chi connectivity index (χ2v) is 5.53. The molecule has 0 aliphatic carbocycles. The van der Waals surface area contributed by atoms with Crippen LogP contribution >= 0.6 is 11.6 Å². The zero-order chi connectivity index (χ0) is 14.5. The molecule has 4 nitrogen and oxygen atoms in total. The molecule has 0 bridgehead atoms. The van der Waals surface area contributed by atoms with Crippen LogP contribution in [0.1, 0.15) is 24.8 Å². The Bertz CT molecular complexity index is 470. The highest BCUT2D eigenvalue weighted by Gasteiger charge is 2.20. The number of hydrogen-bond donors (Lipinski definition) is 1. The Morgan fingerprint density at radius 2 is 2.15 bits per heavy atom. The molecular formula is C15H20ClNO3. The molecule has 0 unspecified atom stereocenters. The molecular weight excluding hydrogens is 278 g/mol. The van der Waals surface area contributed by atoms with E-state index < -0.39 is 0 Å². The molecule has 0 saturated carbocycles. The van der Waals surface area contributed by atoms with E-state index in [1.165, 1.54) is 0 Å². The van der Waals surface area contributed by atoms with Gasteiger partial charge in [-0.1, -0.05) is 11.6 Å². The van der Waals surface area contributed by atoms with Crippen LogP contribution in [0.4, 0.5) is 0 Å². The van der Waals surface area contributed by atoms with Gasteiger partial charge < -0.3 is 14.7 Å². The fourth-order valence-electron chi connectivity index (χ4n) is 2.24. The molecule has 110 valence electrons. The van der Waals surface area contributed by atoms with Gasteiger partial charge in [-0.15, -0.1) is 0 Å². The number of nitrogens with zero attached hydrogens (tertiary/aromatic N) is 1. The van der Waals surface area contributed by atoms with Crippen LogP contribution in [0, 0.1) is 6.92 Å². The molecule has 0 aromatic heterocycles. The first-order chi connectivity index (χ1) is 9.56. The van der Waals surface area contributed by atoms with E-state index in [4.69, 9.17) is 16.3 Å². The minimum atomic E-state index is -0.257. The molecule has 1 aromatic carbocycles. The van der Waals surface area contributed by atoms with Gasteiger partial charge in [0.15, 0.2) is 0 Å². The van der Waals surface area contributed by atoms with Crippen LogP contribution in [0.25, 0.3) is 0 Å². The lowest BCUT2D eigenvalue weighted by Gasteiger charge is -2.29. The highest BCUT2D eigenvalue weighted by atomic mass is 35.5. The Balaban J connectivity index is 1.75. The van der Waals surface area contributed by atoms with Gasteiger partial charge in [0.25, 0.3) is 0 Å². The molecule has 0 radical (unpaired) electrons. The summed E-state index contributed by atoms with van der Waals surface area (Å²) in [4.78, 5) is 13.8.